The molecule has 0 aliphatic carbocycles. The highest BCUT2D eigenvalue weighted by atomic mass is 16.4. The van der Waals surface area contributed by atoms with E-state index in [2.05, 4.69) is 0 Å². The van der Waals surface area contributed by atoms with Crippen LogP contribution in [-0.2, 0) is 0 Å². The molecule has 1 aromatic heterocycles. The first kappa shape index (κ1) is 8.84. The van der Waals surface area contributed by atoms with Gasteiger partial charge in [-0.1, -0.05) is 24.3 Å². The average molecular weight is 164 g/mol. The Hall–Kier alpha value is -1.26. The first-order chi connectivity index (χ1) is 5.88. The molecule has 0 unspecified atom stereocenters. The van der Waals surface area contributed by atoms with Crippen LogP contribution in [0.15, 0.2) is 41.2 Å². The quantitative estimate of drug-likeness (QED) is 0.562. The fourth-order valence-corrected chi connectivity index (χ4v) is 0.906. The second kappa shape index (κ2) is 4.59. The highest BCUT2D eigenvalue weighted by Crippen LogP contribution is 2.12. The number of fused-ring (bicyclic) bond motifs is 1. The lowest BCUT2D eigenvalue weighted by atomic mass is 10.2. The van der Waals surface area contributed by atoms with Crippen molar-refractivity contribution in [1.82, 2.24) is 0 Å². The maximum absolute atomic E-state index is 7.12. The average Bonchev–Trinajstić information content (AvgIpc) is 2.52. The van der Waals surface area contributed by atoms with E-state index >= 15 is 0 Å². The van der Waals surface area contributed by atoms with Crippen LogP contribution < -0.4 is 0 Å². The van der Waals surface area contributed by atoms with E-state index in [1.807, 2.05) is 24.3 Å². The minimum atomic E-state index is -0.750. The summed E-state index contributed by atoms with van der Waals surface area (Å²) in [6.07, 6.45) is 3.49. The van der Waals surface area contributed by atoms with Gasteiger partial charge in [0.2, 0.25) is 0 Å². The van der Waals surface area contributed by atoms with E-state index in [-0.39, 0.29) is 0 Å². The molecule has 0 radical (unpaired) electrons. The first-order valence-corrected chi connectivity index (χ1v) is 3.51. The third-order valence-corrected chi connectivity index (χ3v) is 1.39. The van der Waals surface area contributed by atoms with E-state index in [0.29, 0.717) is 0 Å². The SMILES string of the molecule is OBO.c1ccc2cocc2c1. The third kappa shape index (κ3) is 2.12. The Morgan fingerprint density at radius 2 is 1.42 bits per heavy atom. The number of hydrogen-bond acceptors (Lipinski definition) is 3. The number of furan rings is 1. The minimum Gasteiger partial charge on any atom is -0.471 e. The molecule has 0 saturated carbocycles. The van der Waals surface area contributed by atoms with E-state index in [1.165, 1.54) is 0 Å². The summed E-state index contributed by atoms with van der Waals surface area (Å²) in [5.41, 5.74) is 0. The van der Waals surface area contributed by atoms with Gasteiger partial charge in [0.15, 0.2) is 0 Å². The maximum Gasteiger partial charge on any atom is 0.432 e. The van der Waals surface area contributed by atoms with Crippen molar-refractivity contribution in [3.8, 4) is 0 Å². The molecule has 2 aromatic rings. The van der Waals surface area contributed by atoms with Gasteiger partial charge in [0.1, 0.15) is 0 Å². The predicted octanol–water partition coefficient (Wildman–Crippen LogP) is 0.670. The highest BCUT2D eigenvalue weighted by Gasteiger charge is 1.89. The molecule has 12 heavy (non-hydrogen) atoms. The van der Waals surface area contributed by atoms with E-state index in [0.717, 1.165) is 10.8 Å². The Morgan fingerprint density at radius 3 is 1.83 bits per heavy atom. The van der Waals surface area contributed by atoms with Gasteiger partial charge in [0.05, 0.1) is 12.5 Å². The van der Waals surface area contributed by atoms with Gasteiger partial charge in [0.25, 0.3) is 0 Å². The van der Waals surface area contributed by atoms with Crippen LogP contribution in [0.1, 0.15) is 0 Å². The van der Waals surface area contributed by atoms with Crippen molar-refractivity contribution in [2.24, 2.45) is 0 Å². The van der Waals surface area contributed by atoms with Gasteiger partial charge in [-0.3, -0.25) is 0 Å². The smallest absolute Gasteiger partial charge is 0.432 e. The van der Waals surface area contributed by atoms with E-state index in [4.69, 9.17) is 14.5 Å². The van der Waals surface area contributed by atoms with Gasteiger partial charge in [-0.05, 0) is 0 Å². The second-order valence-corrected chi connectivity index (χ2v) is 2.14. The van der Waals surface area contributed by atoms with Crippen LogP contribution in [-0.4, -0.2) is 17.7 Å². The van der Waals surface area contributed by atoms with Gasteiger partial charge in [-0.25, -0.2) is 0 Å². The summed E-state index contributed by atoms with van der Waals surface area (Å²) in [7, 11) is -0.750. The van der Waals surface area contributed by atoms with Gasteiger partial charge in [-0.2, -0.15) is 0 Å². The summed E-state index contributed by atoms with van der Waals surface area (Å²) in [4.78, 5) is 0. The second-order valence-electron chi connectivity index (χ2n) is 2.14. The van der Waals surface area contributed by atoms with Crippen molar-refractivity contribution in [1.29, 1.82) is 0 Å². The summed E-state index contributed by atoms with van der Waals surface area (Å²) in [6, 6.07) is 8.05. The standard InChI is InChI=1S/C8H6O.BH3O2/c1-2-4-8-6-9-5-7(8)3-1;2-1-3/h1-6H;1-3H. The molecular formula is C8H9BO3. The topological polar surface area (TPSA) is 53.6 Å². The lowest BCUT2D eigenvalue weighted by molar-refractivity contribution is 0.448. The number of rotatable bonds is 0. The molecule has 2 rings (SSSR count). The molecule has 62 valence electrons. The summed E-state index contributed by atoms with van der Waals surface area (Å²) >= 11 is 0. The van der Waals surface area contributed by atoms with Gasteiger partial charge in [0, 0.05) is 10.8 Å². The maximum atomic E-state index is 7.12. The fourth-order valence-electron chi connectivity index (χ4n) is 0.906. The van der Waals surface area contributed by atoms with Crippen molar-refractivity contribution >= 4 is 18.5 Å². The van der Waals surface area contributed by atoms with Gasteiger partial charge < -0.3 is 14.5 Å². The zero-order valence-corrected chi connectivity index (χ0v) is 6.47. The Balaban J connectivity index is 0.000000213. The Morgan fingerprint density at radius 1 is 1.00 bits per heavy atom. The molecule has 0 amide bonds. The predicted molar refractivity (Wildman–Crippen MR) is 47.8 cm³/mol. The molecule has 0 saturated heterocycles. The Bertz CT molecular complexity index is 301. The normalized spacial score (nSPS) is 8.83. The molecule has 1 heterocycles. The van der Waals surface area contributed by atoms with Crippen molar-refractivity contribution in [3.63, 3.8) is 0 Å². The fraction of sp³-hybridized carbons (Fsp3) is 0. The van der Waals surface area contributed by atoms with Crippen LogP contribution in [0.4, 0.5) is 0 Å². The molecule has 0 aliphatic rings. The first-order valence-electron chi connectivity index (χ1n) is 3.51. The summed E-state index contributed by atoms with van der Waals surface area (Å²) in [6.45, 7) is 0. The molecule has 2 N–H and O–H groups in total. The lowest BCUT2D eigenvalue weighted by Gasteiger charge is -1.80. The van der Waals surface area contributed by atoms with Crippen molar-refractivity contribution in [2.45, 2.75) is 0 Å². The molecule has 1 aromatic carbocycles. The van der Waals surface area contributed by atoms with Crippen LogP contribution in [0.25, 0.3) is 10.8 Å². The summed E-state index contributed by atoms with van der Waals surface area (Å²) < 4.78 is 4.96. The molecule has 0 bridgehead atoms. The lowest BCUT2D eigenvalue weighted by Crippen LogP contribution is -1.75. The molecule has 4 heteroatoms. The largest absolute Gasteiger partial charge is 0.471 e. The monoisotopic (exact) mass is 164 g/mol. The zero-order chi connectivity index (χ0) is 8.81. The van der Waals surface area contributed by atoms with E-state index in [1.54, 1.807) is 12.5 Å². The minimum absolute atomic E-state index is 0.750. The Kier molecular flexibility index (Phi) is 3.38. The number of hydrogen-bond donors (Lipinski definition) is 2. The summed E-state index contributed by atoms with van der Waals surface area (Å²) in [5.74, 6) is 0. The van der Waals surface area contributed by atoms with Gasteiger partial charge >= 0.3 is 7.69 Å². The number of benzene rings is 1. The highest BCUT2D eigenvalue weighted by molar-refractivity contribution is 6.13. The van der Waals surface area contributed by atoms with Crippen LogP contribution in [0.5, 0.6) is 0 Å². The molecule has 0 atom stereocenters. The van der Waals surface area contributed by atoms with Crippen molar-refractivity contribution in [3.05, 3.63) is 36.8 Å². The van der Waals surface area contributed by atoms with Crippen LogP contribution in [0, 0.1) is 0 Å². The van der Waals surface area contributed by atoms with Crippen molar-refractivity contribution in [2.75, 3.05) is 0 Å². The molecular weight excluding hydrogens is 155 g/mol. The molecule has 0 fully saturated rings. The van der Waals surface area contributed by atoms with Crippen molar-refractivity contribution < 1.29 is 14.5 Å². The Labute approximate surface area is 70.6 Å². The van der Waals surface area contributed by atoms with E-state index < -0.39 is 7.69 Å². The summed E-state index contributed by atoms with van der Waals surface area (Å²) in [5, 5.41) is 16.6. The van der Waals surface area contributed by atoms with Crippen LogP contribution in [0.3, 0.4) is 0 Å². The van der Waals surface area contributed by atoms with Crippen LogP contribution in [0.2, 0.25) is 0 Å². The molecule has 0 spiro atoms. The molecule has 3 nitrogen and oxygen atoms in total. The zero-order valence-electron chi connectivity index (χ0n) is 6.47. The third-order valence-electron chi connectivity index (χ3n) is 1.39. The van der Waals surface area contributed by atoms with E-state index in [9.17, 15) is 0 Å². The van der Waals surface area contributed by atoms with Crippen LogP contribution >= 0.6 is 0 Å². The van der Waals surface area contributed by atoms with Gasteiger partial charge in [-0.15, -0.1) is 0 Å². The molecule has 0 aliphatic heterocycles.